The van der Waals surface area contributed by atoms with Gasteiger partial charge in [-0.1, -0.05) is 29.8 Å². The molecule has 2 aromatic carbocycles. The second-order valence-corrected chi connectivity index (χ2v) is 10.7. The first kappa shape index (κ1) is 26.5. The van der Waals surface area contributed by atoms with Crippen LogP contribution in [0.5, 0.6) is 0 Å². The number of benzene rings is 2. The lowest BCUT2D eigenvalue weighted by Crippen LogP contribution is -2.56. The Labute approximate surface area is 231 Å². The number of aryl methyl sites for hydroxylation is 1. The summed E-state index contributed by atoms with van der Waals surface area (Å²) in [5.74, 6) is -0.415. The predicted molar refractivity (Wildman–Crippen MR) is 154 cm³/mol. The fourth-order valence-electron chi connectivity index (χ4n) is 4.89. The van der Waals surface area contributed by atoms with Crippen LogP contribution in [0.3, 0.4) is 0 Å². The van der Waals surface area contributed by atoms with Crippen molar-refractivity contribution < 1.29 is 19.1 Å². The fraction of sp³-hybridized carbons (Fsp3) is 0.300. The molecule has 1 fully saturated rings. The van der Waals surface area contributed by atoms with E-state index in [-0.39, 0.29) is 18.0 Å². The van der Waals surface area contributed by atoms with Gasteiger partial charge in [0.1, 0.15) is 10.5 Å². The number of esters is 1. The maximum atomic E-state index is 13.7. The topological polar surface area (TPSA) is 83.9 Å². The van der Waals surface area contributed by atoms with Gasteiger partial charge in [0, 0.05) is 43.3 Å². The van der Waals surface area contributed by atoms with E-state index in [2.05, 4.69) is 46.5 Å². The van der Waals surface area contributed by atoms with E-state index < -0.39 is 5.97 Å². The van der Waals surface area contributed by atoms with Crippen molar-refractivity contribution in [3.63, 3.8) is 0 Å². The van der Waals surface area contributed by atoms with Crippen LogP contribution >= 0.6 is 11.3 Å². The molecule has 4 aromatic rings. The van der Waals surface area contributed by atoms with E-state index in [1.165, 1.54) is 5.56 Å². The average molecular weight is 545 g/mol. The van der Waals surface area contributed by atoms with E-state index in [9.17, 15) is 14.4 Å². The Hall–Kier alpha value is -4.11. The Balaban J connectivity index is 1.25. The van der Waals surface area contributed by atoms with Crippen molar-refractivity contribution in [2.24, 2.45) is 0 Å². The van der Waals surface area contributed by atoms with Crippen LogP contribution in [0, 0.1) is 6.92 Å². The molecular weight excluding hydrogens is 512 g/mol. The molecule has 1 atom stereocenters. The zero-order chi connectivity index (χ0) is 27.5. The third-order valence-corrected chi connectivity index (χ3v) is 7.96. The van der Waals surface area contributed by atoms with Crippen LogP contribution in [0.15, 0.2) is 66.0 Å². The number of urea groups is 1. The van der Waals surface area contributed by atoms with E-state index in [0.29, 0.717) is 49.7 Å². The minimum Gasteiger partial charge on any atom is -0.462 e. The number of piperazine rings is 1. The van der Waals surface area contributed by atoms with Gasteiger partial charge in [-0.2, -0.15) is 0 Å². The number of aromatic nitrogens is 1. The molecular formula is C30H32N4O4S. The number of fused-ring (bicyclic) bond motifs is 1. The number of hydrogen-bond donors (Lipinski definition) is 1. The van der Waals surface area contributed by atoms with Crippen molar-refractivity contribution >= 4 is 45.1 Å². The van der Waals surface area contributed by atoms with Crippen molar-refractivity contribution in [2.75, 3.05) is 31.6 Å². The van der Waals surface area contributed by atoms with Crippen LogP contribution in [-0.2, 0) is 11.3 Å². The molecule has 8 nitrogen and oxygen atoms in total. The van der Waals surface area contributed by atoms with Crippen LogP contribution in [-0.4, -0.2) is 64.6 Å². The molecule has 0 unspecified atom stereocenters. The molecule has 2 aromatic heterocycles. The van der Waals surface area contributed by atoms with Gasteiger partial charge < -0.3 is 24.4 Å². The number of carbonyl (C=O) groups excluding carboxylic acids is 3. The number of ether oxygens (including phenoxy) is 1. The van der Waals surface area contributed by atoms with Crippen LogP contribution in [0.1, 0.15) is 45.8 Å². The van der Waals surface area contributed by atoms with Crippen LogP contribution < -0.4 is 5.32 Å². The normalized spacial score (nSPS) is 15.4. The standard InChI is InChI=1S/C30H32N4O4S/c1-4-38-29(36)23-9-11-25(12-10-23)31-30(37)33-15-14-32(18-21(33)3)27(35)26-17-24-13-16-39-28(24)34(26)19-22-7-5-20(2)6-8-22/h5-13,16-17,21H,4,14-15,18-19H2,1-3H3,(H,31,37)/t21-/m1/s1. The van der Waals surface area contributed by atoms with E-state index >= 15 is 0 Å². The summed E-state index contributed by atoms with van der Waals surface area (Å²) in [6.07, 6.45) is 0. The molecule has 0 spiro atoms. The minimum atomic E-state index is -0.394. The first-order valence-electron chi connectivity index (χ1n) is 13.1. The summed E-state index contributed by atoms with van der Waals surface area (Å²) in [6, 6.07) is 18.6. The number of thiophene rings is 1. The van der Waals surface area contributed by atoms with E-state index in [4.69, 9.17) is 4.74 Å². The molecule has 0 aliphatic carbocycles. The third-order valence-electron chi connectivity index (χ3n) is 7.01. The molecule has 1 aliphatic heterocycles. The van der Waals surface area contributed by atoms with Gasteiger partial charge in [0.25, 0.3) is 5.91 Å². The average Bonchev–Trinajstić information content (AvgIpc) is 3.52. The Morgan fingerprint density at radius 3 is 2.46 bits per heavy atom. The molecule has 1 N–H and O–H groups in total. The summed E-state index contributed by atoms with van der Waals surface area (Å²) in [7, 11) is 0. The maximum absolute atomic E-state index is 13.7. The molecule has 3 heterocycles. The van der Waals surface area contributed by atoms with Crippen molar-refractivity contribution in [3.05, 3.63) is 88.4 Å². The van der Waals surface area contributed by atoms with Crippen molar-refractivity contribution in [1.29, 1.82) is 0 Å². The summed E-state index contributed by atoms with van der Waals surface area (Å²) in [4.78, 5) is 43.3. The zero-order valence-corrected chi connectivity index (χ0v) is 23.2. The summed E-state index contributed by atoms with van der Waals surface area (Å²) >= 11 is 1.64. The number of hydrogen-bond acceptors (Lipinski definition) is 5. The second-order valence-electron chi connectivity index (χ2n) is 9.80. The lowest BCUT2D eigenvalue weighted by atomic mass is 10.1. The molecule has 3 amide bonds. The number of nitrogens with zero attached hydrogens (tertiary/aromatic N) is 3. The summed E-state index contributed by atoms with van der Waals surface area (Å²) < 4.78 is 7.11. The van der Waals surface area contributed by atoms with Crippen molar-refractivity contribution in [1.82, 2.24) is 14.4 Å². The van der Waals surface area contributed by atoms with Crippen LogP contribution in [0.2, 0.25) is 0 Å². The monoisotopic (exact) mass is 544 g/mol. The third kappa shape index (κ3) is 5.68. The number of anilines is 1. The quantitative estimate of drug-likeness (QED) is 0.320. The van der Waals surface area contributed by atoms with Gasteiger partial charge in [-0.3, -0.25) is 4.79 Å². The lowest BCUT2D eigenvalue weighted by molar-refractivity contribution is 0.0525. The zero-order valence-electron chi connectivity index (χ0n) is 22.3. The highest BCUT2D eigenvalue weighted by molar-refractivity contribution is 7.16. The first-order chi connectivity index (χ1) is 18.8. The van der Waals surface area contributed by atoms with Crippen LogP contribution in [0.4, 0.5) is 10.5 Å². The smallest absolute Gasteiger partial charge is 0.338 e. The molecule has 1 aliphatic rings. The van der Waals surface area contributed by atoms with Gasteiger partial charge in [0.15, 0.2) is 0 Å². The number of rotatable bonds is 6. The molecule has 9 heteroatoms. The lowest BCUT2D eigenvalue weighted by Gasteiger charge is -2.39. The molecule has 1 saturated heterocycles. The van der Waals surface area contributed by atoms with Gasteiger partial charge in [-0.25, -0.2) is 9.59 Å². The minimum absolute atomic E-state index is 0.0213. The highest BCUT2D eigenvalue weighted by atomic mass is 32.1. The molecule has 39 heavy (non-hydrogen) atoms. The van der Waals surface area contributed by atoms with Crippen LogP contribution in [0.25, 0.3) is 10.2 Å². The number of amides is 3. The van der Waals surface area contributed by atoms with E-state index in [1.54, 1.807) is 47.4 Å². The largest absolute Gasteiger partial charge is 0.462 e. The van der Waals surface area contributed by atoms with Gasteiger partial charge >= 0.3 is 12.0 Å². The predicted octanol–water partition coefficient (Wildman–Crippen LogP) is 5.61. The summed E-state index contributed by atoms with van der Waals surface area (Å²) in [6.45, 7) is 8.01. The molecule has 0 radical (unpaired) electrons. The molecule has 202 valence electrons. The van der Waals surface area contributed by atoms with Gasteiger partial charge in [-0.05, 0) is 68.1 Å². The molecule has 0 bridgehead atoms. The van der Waals surface area contributed by atoms with E-state index in [1.807, 2.05) is 24.0 Å². The molecule has 5 rings (SSSR count). The first-order valence-corrected chi connectivity index (χ1v) is 14.0. The fourth-order valence-corrected chi connectivity index (χ4v) is 5.79. The molecule has 0 saturated carbocycles. The number of carbonyl (C=O) groups is 3. The SMILES string of the molecule is CCOC(=O)c1ccc(NC(=O)N2CCN(C(=O)c3cc4ccsc4n3Cc3ccc(C)cc3)C[C@H]2C)cc1. The second kappa shape index (κ2) is 11.3. The Bertz CT molecular complexity index is 1490. The van der Waals surface area contributed by atoms with Crippen molar-refractivity contribution in [3.8, 4) is 0 Å². The van der Waals surface area contributed by atoms with Gasteiger partial charge in [0.2, 0.25) is 0 Å². The summed E-state index contributed by atoms with van der Waals surface area (Å²) in [5, 5.41) is 6.01. The van der Waals surface area contributed by atoms with Crippen molar-refractivity contribution in [2.45, 2.75) is 33.4 Å². The van der Waals surface area contributed by atoms with Gasteiger partial charge in [-0.15, -0.1) is 11.3 Å². The highest BCUT2D eigenvalue weighted by Gasteiger charge is 2.32. The maximum Gasteiger partial charge on any atom is 0.338 e. The van der Waals surface area contributed by atoms with Gasteiger partial charge in [0.05, 0.1) is 12.2 Å². The Kier molecular flexibility index (Phi) is 7.70. The van der Waals surface area contributed by atoms with E-state index in [0.717, 1.165) is 15.8 Å². The number of nitrogens with one attached hydrogen (secondary N) is 1. The highest BCUT2D eigenvalue weighted by Crippen LogP contribution is 2.28. The Morgan fingerprint density at radius 2 is 1.77 bits per heavy atom. The Morgan fingerprint density at radius 1 is 1.03 bits per heavy atom. The summed E-state index contributed by atoms with van der Waals surface area (Å²) in [5.41, 5.74) is 4.04.